The van der Waals surface area contributed by atoms with E-state index in [1.54, 1.807) is 7.05 Å². The zero-order valence-electron chi connectivity index (χ0n) is 16.9. The number of anilines is 2. The summed E-state index contributed by atoms with van der Waals surface area (Å²) in [4.78, 5) is 20.1. The van der Waals surface area contributed by atoms with Crippen LogP contribution >= 0.6 is 0 Å². The minimum absolute atomic E-state index is 0.0131. The highest BCUT2D eigenvalue weighted by atomic mass is 16.2. The Hall–Kier alpha value is -3.18. The summed E-state index contributed by atoms with van der Waals surface area (Å²) in [5, 5.41) is 6.19. The minimum Gasteiger partial charge on any atom is -0.358 e. The van der Waals surface area contributed by atoms with Gasteiger partial charge >= 0.3 is 0 Å². The number of para-hydroxylation sites is 1. The third-order valence-electron chi connectivity index (χ3n) is 5.46. The number of rotatable bonds is 5. The van der Waals surface area contributed by atoms with Gasteiger partial charge in [-0.15, -0.1) is 0 Å². The molecule has 0 aliphatic carbocycles. The van der Waals surface area contributed by atoms with Gasteiger partial charge in [0.15, 0.2) is 0 Å². The van der Waals surface area contributed by atoms with E-state index in [-0.39, 0.29) is 5.91 Å². The van der Waals surface area contributed by atoms with Crippen LogP contribution in [0.15, 0.2) is 72.8 Å². The van der Waals surface area contributed by atoms with Gasteiger partial charge in [-0.3, -0.25) is 9.69 Å². The molecule has 0 saturated heterocycles. The smallest absolute Gasteiger partial charge is 0.233 e. The van der Waals surface area contributed by atoms with E-state index in [9.17, 15) is 4.79 Å². The average Bonchev–Trinajstić information content (AvgIpc) is 2.75. The number of amides is 1. The second-order valence-electron chi connectivity index (χ2n) is 7.74. The number of fused-ring (bicyclic) bond motifs is 1. The predicted molar refractivity (Wildman–Crippen MR) is 116 cm³/mol. The SMILES string of the molecule is CNC(=O)C1(C)CN(Cc2ccccc2)Cc2ccc(Nc3ccccc3)nc21. The topological polar surface area (TPSA) is 57.3 Å². The standard InChI is InChI=1S/C24H26N4O/c1-24(23(29)25-2)17-28(15-18-9-5-3-6-10-18)16-19-13-14-21(27-22(19)24)26-20-11-7-4-8-12-20/h3-14H,15-17H2,1-2H3,(H,25,29)(H,26,27). The Morgan fingerprint density at radius 3 is 2.41 bits per heavy atom. The molecule has 2 aromatic carbocycles. The molecule has 2 N–H and O–H groups in total. The molecule has 1 amide bonds. The van der Waals surface area contributed by atoms with Crippen molar-refractivity contribution in [3.8, 4) is 0 Å². The van der Waals surface area contributed by atoms with Gasteiger partial charge in [0.2, 0.25) is 5.91 Å². The zero-order chi connectivity index (χ0) is 20.3. The highest BCUT2D eigenvalue weighted by molar-refractivity contribution is 5.88. The first-order chi connectivity index (χ1) is 14.1. The van der Waals surface area contributed by atoms with Crippen LogP contribution in [0, 0.1) is 0 Å². The molecule has 0 fully saturated rings. The molecule has 29 heavy (non-hydrogen) atoms. The Bertz CT molecular complexity index is 990. The first-order valence-electron chi connectivity index (χ1n) is 9.89. The molecule has 0 spiro atoms. The highest BCUT2D eigenvalue weighted by Crippen LogP contribution is 2.34. The molecule has 0 radical (unpaired) electrons. The van der Waals surface area contributed by atoms with Gasteiger partial charge in [0.05, 0.1) is 5.69 Å². The second-order valence-corrected chi connectivity index (χ2v) is 7.74. The molecule has 1 atom stereocenters. The molecule has 1 aliphatic heterocycles. The Kier molecular flexibility index (Phi) is 5.32. The van der Waals surface area contributed by atoms with Crippen molar-refractivity contribution in [2.45, 2.75) is 25.4 Å². The molecule has 148 valence electrons. The largest absolute Gasteiger partial charge is 0.358 e. The van der Waals surface area contributed by atoms with Gasteiger partial charge in [-0.1, -0.05) is 54.6 Å². The lowest BCUT2D eigenvalue weighted by molar-refractivity contribution is -0.127. The van der Waals surface area contributed by atoms with Gasteiger partial charge in [0.1, 0.15) is 11.2 Å². The number of hydrogen-bond donors (Lipinski definition) is 2. The van der Waals surface area contributed by atoms with Crippen molar-refractivity contribution in [3.05, 3.63) is 89.6 Å². The third-order valence-corrected chi connectivity index (χ3v) is 5.46. The van der Waals surface area contributed by atoms with Crippen LogP contribution in [0.1, 0.15) is 23.7 Å². The lowest BCUT2D eigenvalue weighted by Crippen LogP contribution is -2.52. The number of nitrogens with one attached hydrogen (secondary N) is 2. The van der Waals surface area contributed by atoms with E-state index < -0.39 is 5.41 Å². The van der Waals surface area contributed by atoms with Crippen LogP contribution in [0.2, 0.25) is 0 Å². The van der Waals surface area contributed by atoms with Crippen LogP contribution in [-0.2, 0) is 23.3 Å². The maximum Gasteiger partial charge on any atom is 0.233 e. The van der Waals surface area contributed by atoms with Crippen molar-refractivity contribution >= 4 is 17.4 Å². The number of benzene rings is 2. The Balaban J connectivity index is 1.66. The summed E-state index contributed by atoms with van der Waals surface area (Å²) in [6.07, 6.45) is 0. The van der Waals surface area contributed by atoms with E-state index >= 15 is 0 Å². The fourth-order valence-electron chi connectivity index (χ4n) is 4.06. The van der Waals surface area contributed by atoms with Crippen LogP contribution in [0.5, 0.6) is 0 Å². The van der Waals surface area contributed by atoms with Crippen molar-refractivity contribution in [1.82, 2.24) is 15.2 Å². The van der Waals surface area contributed by atoms with Gasteiger partial charge in [-0.05, 0) is 36.2 Å². The van der Waals surface area contributed by atoms with Gasteiger partial charge in [0.25, 0.3) is 0 Å². The Labute approximate surface area is 171 Å². The number of pyridine rings is 1. The first-order valence-corrected chi connectivity index (χ1v) is 9.89. The fourth-order valence-corrected chi connectivity index (χ4v) is 4.06. The van der Waals surface area contributed by atoms with Crippen LogP contribution in [0.3, 0.4) is 0 Å². The molecule has 0 saturated carbocycles. The maximum atomic E-state index is 12.9. The van der Waals surface area contributed by atoms with Crippen molar-refractivity contribution in [3.63, 3.8) is 0 Å². The molecule has 0 bridgehead atoms. The molecular weight excluding hydrogens is 360 g/mol. The normalized spacial score (nSPS) is 18.7. The van der Waals surface area contributed by atoms with Gasteiger partial charge in [-0.2, -0.15) is 0 Å². The number of hydrogen-bond acceptors (Lipinski definition) is 4. The van der Waals surface area contributed by atoms with E-state index in [0.29, 0.717) is 6.54 Å². The van der Waals surface area contributed by atoms with E-state index in [4.69, 9.17) is 4.98 Å². The molecule has 2 heterocycles. The molecule has 1 aliphatic rings. The van der Waals surface area contributed by atoms with E-state index in [0.717, 1.165) is 35.9 Å². The summed E-state index contributed by atoms with van der Waals surface area (Å²) in [5.74, 6) is 0.738. The van der Waals surface area contributed by atoms with Gasteiger partial charge < -0.3 is 10.6 Å². The van der Waals surface area contributed by atoms with E-state index in [1.807, 2.05) is 61.5 Å². The summed E-state index contributed by atoms with van der Waals surface area (Å²) >= 11 is 0. The number of aromatic nitrogens is 1. The molecule has 1 unspecified atom stereocenters. The van der Waals surface area contributed by atoms with Crippen molar-refractivity contribution < 1.29 is 4.79 Å². The van der Waals surface area contributed by atoms with Crippen molar-refractivity contribution in [2.75, 3.05) is 18.9 Å². The van der Waals surface area contributed by atoms with Gasteiger partial charge in [0, 0.05) is 32.4 Å². The fraction of sp³-hybridized carbons (Fsp3) is 0.250. The minimum atomic E-state index is -0.717. The average molecular weight is 386 g/mol. The number of likely N-dealkylation sites (N-methyl/N-ethyl adjacent to an activating group) is 1. The first kappa shape index (κ1) is 19.2. The lowest BCUT2D eigenvalue weighted by Gasteiger charge is -2.40. The number of nitrogens with zero attached hydrogens (tertiary/aromatic N) is 2. The third kappa shape index (κ3) is 4.00. The van der Waals surface area contributed by atoms with Crippen molar-refractivity contribution in [1.29, 1.82) is 0 Å². The maximum absolute atomic E-state index is 12.9. The molecule has 4 rings (SSSR count). The molecule has 3 aromatic rings. The number of carbonyl (C=O) groups is 1. The predicted octanol–water partition coefficient (Wildman–Crippen LogP) is 3.84. The second kappa shape index (κ2) is 8.05. The van der Waals surface area contributed by atoms with E-state index in [2.05, 4.69) is 33.7 Å². The van der Waals surface area contributed by atoms with Crippen LogP contribution in [-0.4, -0.2) is 29.4 Å². The molecule has 1 aromatic heterocycles. The monoisotopic (exact) mass is 386 g/mol. The quantitative estimate of drug-likeness (QED) is 0.699. The van der Waals surface area contributed by atoms with Crippen LogP contribution in [0.4, 0.5) is 11.5 Å². The van der Waals surface area contributed by atoms with Crippen LogP contribution < -0.4 is 10.6 Å². The number of carbonyl (C=O) groups excluding carboxylic acids is 1. The molecule has 5 heteroatoms. The Morgan fingerprint density at radius 1 is 1.03 bits per heavy atom. The molecular formula is C24H26N4O. The Morgan fingerprint density at radius 2 is 1.72 bits per heavy atom. The van der Waals surface area contributed by atoms with E-state index in [1.165, 1.54) is 5.56 Å². The zero-order valence-corrected chi connectivity index (χ0v) is 16.9. The molecule has 5 nitrogen and oxygen atoms in total. The van der Waals surface area contributed by atoms with Crippen LogP contribution in [0.25, 0.3) is 0 Å². The van der Waals surface area contributed by atoms with Crippen molar-refractivity contribution in [2.24, 2.45) is 0 Å². The summed E-state index contributed by atoms with van der Waals surface area (Å²) in [7, 11) is 1.69. The highest BCUT2D eigenvalue weighted by Gasteiger charge is 2.43. The summed E-state index contributed by atoms with van der Waals surface area (Å²) < 4.78 is 0. The summed E-state index contributed by atoms with van der Waals surface area (Å²) in [6.45, 7) is 4.18. The summed E-state index contributed by atoms with van der Waals surface area (Å²) in [5.41, 5.74) is 3.44. The lowest BCUT2D eigenvalue weighted by atomic mass is 9.79. The summed E-state index contributed by atoms with van der Waals surface area (Å²) in [6, 6.07) is 24.4. The van der Waals surface area contributed by atoms with Gasteiger partial charge in [-0.25, -0.2) is 4.98 Å².